The summed E-state index contributed by atoms with van der Waals surface area (Å²) in [5, 5.41) is 0. The average Bonchev–Trinajstić information content (AvgIpc) is 2.27. The molecule has 0 bridgehead atoms. The topological polar surface area (TPSA) is 40.6 Å². The first kappa shape index (κ1) is 12.3. The molecule has 0 unspecified atom stereocenters. The van der Waals surface area contributed by atoms with Gasteiger partial charge < -0.3 is 9.80 Å². The zero-order valence-electron chi connectivity index (χ0n) is 9.20. The van der Waals surface area contributed by atoms with Gasteiger partial charge in [-0.15, -0.1) is 11.6 Å². The maximum atomic E-state index is 11.6. The van der Waals surface area contributed by atoms with Gasteiger partial charge in [-0.3, -0.25) is 9.59 Å². The van der Waals surface area contributed by atoms with E-state index in [1.54, 1.807) is 23.9 Å². The molecule has 1 aliphatic heterocycles. The van der Waals surface area contributed by atoms with Crippen LogP contribution in [0.5, 0.6) is 0 Å². The van der Waals surface area contributed by atoms with E-state index >= 15 is 0 Å². The maximum absolute atomic E-state index is 11.6. The summed E-state index contributed by atoms with van der Waals surface area (Å²) in [6, 6.07) is 0. The Morgan fingerprint density at radius 2 is 1.87 bits per heavy atom. The van der Waals surface area contributed by atoms with E-state index in [1.807, 2.05) is 0 Å². The van der Waals surface area contributed by atoms with Gasteiger partial charge in [0.15, 0.2) is 0 Å². The Kier molecular flexibility index (Phi) is 4.39. The Morgan fingerprint density at radius 3 is 2.27 bits per heavy atom. The van der Waals surface area contributed by atoms with Crippen LogP contribution in [0, 0.1) is 5.92 Å². The predicted molar refractivity (Wildman–Crippen MR) is 58.7 cm³/mol. The van der Waals surface area contributed by atoms with Gasteiger partial charge in [0.25, 0.3) is 0 Å². The molecule has 86 valence electrons. The lowest BCUT2D eigenvalue weighted by molar-refractivity contribution is -0.138. The van der Waals surface area contributed by atoms with E-state index in [4.69, 9.17) is 11.6 Å². The number of hydrogen-bond acceptors (Lipinski definition) is 2. The van der Waals surface area contributed by atoms with Crippen molar-refractivity contribution >= 4 is 23.4 Å². The molecule has 4 nitrogen and oxygen atoms in total. The number of hydrogen-bond donors (Lipinski definition) is 0. The largest absolute Gasteiger partial charge is 0.349 e. The molecule has 15 heavy (non-hydrogen) atoms. The van der Waals surface area contributed by atoms with Gasteiger partial charge in [0, 0.05) is 33.1 Å². The second-order valence-corrected chi connectivity index (χ2v) is 4.29. The van der Waals surface area contributed by atoms with Crippen LogP contribution in [0.2, 0.25) is 0 Å². The van der Waals surface area contributed by atoms with Crippen molar-refractivity contribution in [2.45, 2.75) is 12.8 Å². The summed E-state index contributed by atoms with van der Waals surface area (Å²) in [5.41, 5.74) is 0. The van der Waals surface area contributed by atoms with E-state index in [2.05, 4.69) is 0 Å². The molecule has 0 radical (unpaired) electrons. The van der Waals surface area contributed by atoms with Crippen molar-refractivity contribution in [1.82, 2.24) is 9.80 Å². The van der Waals surface area contributed by atoms with Crippen molar-refractivity contribution in [2.75, 3.05) is 33.1 Å². The number of likely N-dealkylation sites (tertiary alicyclic amines) is 1. The summed E-state index contributed by atoms with van der Waals surface area (Å²) >= 11 is 5.47. The summed E-state index contributed by atoms with van der Waals surface area (Å²) in [5.74, 6) is 0.228. The molecular weight excluding hydrogens is 216 g/mol. The summed E-state index contributed by atoms with van der Waals surface area (Å²) in [7, 11) is 3.53. The molecule has 0 aliphatic carbocycles. The molecule has 0 aromatic rings. The van der Waals surface area contributed by atoms with Crippen LogP contribution in [0.1, 0.15) is 12.8 Å². The molecular formula is C10H17ClN2O2. The number of nitrogens with zero attached hydrogens (tertiary/aromatic N) is 2. The predicted octanol–water partition coefficient (Wildman–Crippen LogP) is 0.552. The van der Waals surface area contributed by atoms with E-state index in [9.17, 15) is 9.59 Å². The van der Waals surface area contributed by atoms with Crippen LogP contribution in [-0.2, 0) is 9.59 Å². The summed E-state index contributed by atoms with van der Waals surface area (Å²) in [4.78, 5) is 26.3. The highest BCUT2D eigenvalue weighted by atomic mass is 35.5. The number of amides is 2. The summed E-state index contributed by atoms with van der Waals surface area (Å²) in [6.45, 7) is 1.30. The van der Waals surface area contributed by atoms with Gasteiger partial charge in [0.05, 0.1) is 0 Å². The Labute approximate surface area is 95.2 Å². The minimum Gasteiger partial charge on any atom is -0.349 e. The third-order valence-corrected chi connectivity index (χ3v) is 2.98. The molecule has 0 aromatic heterocycles. The van der Waals surface area contributed by atoms with Gasteiger partial charge >= 0.3 is 0 Å². The van der Waals surface area contributed by atoms with Crippen molar-refractivity contribution in [3.63, 3.8) is 0 Å². The van der Waals surface area contributed by atoms with Crippen molar-refractivity contribution in [3.05, 3.63) is 0 Å². The van der Waals surface area contributed by atoms with Gasteiger partial charge in [0.1, 0.15) is 5.88 Å². The van der Waals surface area contributed by atoms with Crippen molar-refractivity contribution < 1.29 is 9.59 Å². The fourth-order valence-corrected chi connectivity index (χ4v) is 1.99. The van der Waals surface area contributed by atoms with Crippen molar-refractivity contribution in [3.8, 4) is 0 Å². The molecule has 1 heterocycles. The second kappa shape index (κ2) is 5.35. The fourth-order valence-electron chi connectivity index (χ4n) is 1.83. The minimum absolute atomic E-state index is 0.0340. The van der Waals surface area contributed by atoms with Crippen LogP contribution in [0.25, 0.3) is 0 Å². The molecule has 1 aliphatic rings. The Morgan fingerprint density at radius 1 is 1.33 bits per heavy atom. The molecule has 1 rings (SSSR count). The van der Waals surface area contributed by atoms with Gasteiger partial charge in [-0.2, -0.15) is 0 Å². The highest BCUT2D eigenvalue weighted by molar-refractivity contribution is 6.27. The first-order valence-electron chi connectivity index (χ1n) is 5.11. The third-order valence-electron chi connectivity index (χ3n) is 2.75. The maximum Gasteiger partial charge on any atom is 0.237 e. The molecule has 0 aromatic carbocycles. The number of rotatable bonds is 2. The van der Waals surface area contributed by atoms with Gasteiger partial charge in [0.2, 0.25) is 11.8 Å². The minimum atomic E-state index is -0.0348. The zero-order valence-corrected chi connectivity index (χ0v) is 9.96. The van der Waals surface area contributed by atoms with Crippen LogP contribution in [-0.4, -0.2) is 54.7 Å². The Bertz CT molecular complexity index is 248. The van der Waals surface area contributed by atoms with Crippen LogP contribution in [0.15, 0.2) is 0 Å². The van der Waals surface area contributed by atoms with Gasteiger partial charge in [-0.1, -0.05) is 0 Å². The van der Waals surface area contributed by atoms with Gasteiger partial charge in [-0.25, -0.2) is 0 Å². The molecule has 0 spiro atoms. The number of carbonyl (C=O) groups excluding carboxylic acids is 2. The van der Waals surface area contributed by atoms with E-state index < -0.39 is 0 Å². The standard InChI is InChI=1S/C10H17ClN2O2/c1-12(2)10(15)8-3-5-13(6-4-8)9(14)7-11/h8H,3-7H2,1-2H3. The number of halogens is 1. The van der Waals surface area contributed by atoms with Crippen LogP contribution >= 0.6 is 11.6 Å². The van der Waals surface area contributed by atoms with Gasteiger partial charge in [-0.05, 0) is 12.8 Å². The normalized spacial score (nSPS) is 17.7. The molecule has 0 N–H and O–H groups in total. The van der Waals surface area contributed by atoms with Crippen molar-refractivity contribution in [2.24, 2.45) is 5.92 Å². The number of carbonyl (C=O) groups is 2. The lowest BCUT2D eigenvalue weighted by Crippen LogP contribution is -2.43. The Balaban J connectivity index is 2.42. The number of alkyl halides is 1. The van der Waals surface area contributed by atoms with E-state index in [0.717, 1.165) is 12.8 Å². The van der Waals surface area contributed by atoms with Crippen LogP contribution < -0.4 is 0 Å². The molecule has 0 atom stereocenters. The van der Waals surface area contributed by atoms with Crippen LogP contribution in [0.3, 0.4) is 0 Å². The summed E-state index contributed by atoms with van der Waals surface area (Å²) < 4.78 is 0. The SMILES string of the molecule is CN(C)C(=O)C1CCN(C(=O)CCl)CC1. The average molecular weight is 233 g/mol. The zero-order chi connectivity index (χ0) is 11.4. The Hall–Kier alpha value is -0.770. The van der Waals surface area contributed by atoms with Crippen molar-refractivity contribution in [1.29, 1.82) is 0 Å². The molecule has 2 amide bonds. The fraction of sp³-hybridized carbons (Fsp3) is 0.800. The van der Waals surface area contributed by atoms with Crippen LogP contribution in [0.4, 0.5) is 0 Å². The van der Waals surface area contributed by atoms with E-state index in [1.165, 1.54) is 0 Å². The first-order chi connectivity index (χ1) is 7.06. The molecule has 1 saturated heterocycles. The third kappa shape index (κ3) is 3.09. The quantitative estimate of drug-likeness (QED) is 0.653. The second-order valence-electron chi connectivity index (χ2n) is 4.02. The smallest absolute Gasteiger partial charge is 0.237 e. The highest BCUT2D eigenvalue weighted by Crippen LogP contribution is 2.18. The lowest BCUT2D eigenvalue weighted by atomic mass is 9.95. The highest BCUT2D eigenvalue weighted by Gasteiger charge is 2.27. The van der Waals surface area contributed by atoms with E-state index in [0.29, 0.717) is 13.1 Å². The first-order valence-corrected chi connectivity index (χ1v) is 5.64. The molecule has 1 fully saturated rings. The van der Waals surface area contributed by atoms with E-state index in [-0.39, 0.29) is 23.6 Å². The molecule has 5 heteroatoms. The monoisotopic (exact) mass is 232 g/mol. The molecule has 0 saturated carbocycles. The number of piperidine rings is 1. The lowest BCUT2D eigenvalue weighted by Gasteiger charge is -2.32. The summed E-state index contributed by atoms with van der Waals surface area (Å²) in [6.07, 6.45) is 1.50.